The molecule has 0 amide bonds. The summed E-state index contributed by atoms with van der Waals surface area (Å²) in [6.07, 6.45) is 4.84. The lowest BCUT2D eigenvalue weighted by Crippen LogP contribution is -2.34. The Hall–Kier alpha value is -0.930. The fourth-order valence-corrected chi connectivity index (χ4v) is 2.30. The van der Waals surface area contributed by atoms with Crippen LogP contribution in [0.25, 0.3) is 0 Å². The number of pyridine rings is 1. The maximum Gasteiger partial charge on any atom is 0.0589 e. The molecule has 2 unspecified atom stereocenters. The molecule has 0 spiro atoms. The molecule has 1 fully saturated rings. The molecule has 0 aromatic carbocycles. The normalized spacial score (nSPS) is 27.1. The van der Waals surface area contributed by atoms with Gasteiger partial charge in [0.05, 0.1) is 6.61 Å². The van der Waals surface area contributed by atoms with Crippen LogP contribution in [0.3, 0.4) is 0 Å². The van der Waals surface area contributed by atoms with E-state index in [1.54, 1.807) is 0 Å². The van der Waals surface area contributed by atoms with E-state index < -0.39 is 0 Å². The quantitative estimate of drug-likeness (QED) is 0.809. The van der Waals surface area contributed by atoms with Crippen molar-refractivity contribution in [2.45, 2.75) is 25.9 Å². The third-order valence-corrected chi connectivity index (χ3v) is 3.32. The van der Waals surface area contributed by atoms with Crippen LogP contribution in [0, 0.1) is 5.92 Å². The van der Waals surface area contributed by atoms with Gasteiger partial charge < -0.3 is 5.11 Å². The van der Waals surface area contributed by atoms with E-state index in [4.69, 9.17) is 0 Å². The number of aliphatic hydroxyl groups excluding tert-OH is 1. The molecule has 1 aliphatic heterocycles. The zero-order chi connectivity index (χ0) is 10.7. The van der Waals surface area contributed by atoms with E-state index >= 15 is 0 Å². The van der Waals surface area contributed by atoms with E-state index in [-0.39, 0.29) is 6.61 Å². The van der Waals surface area contributed by atoms with Crippen LogP contribution >= 0.6 is 0 Å². The Morgan fingerprint density at radius 1 is 1.47 bits per heavy atom. The maximum absolute atomic E-state index is 9.33. The average molecular weight is 206 g/mol. The highest BCUT2D eigenvalue weighted by Crippen LogP contribution is 2.24. The topological polar surface area (TPSA) is 36.4 Å². The van der Waals surface area contributed by atoms with Crippen LogP contribution in [-0.2, 0) is 6.54 Å². The minimum atomic E-state index is 0.270. The van der Waals surface area contributed by atoms with Gasteiger partial charge in [-0.1, -0.05) is 6.92 Å². The van der Waals surface area contributed by atoms with E-state index in [9.17, 15) is 5.11 Å². The van der Waals surface area contributed by atoms with Gasteiger partial charge in [-0.15, -0.1) is 0 Å². The second kappa shape index (κ2) is 4.73. The third-order valence-electron chi connectivity index (χ3n) is 3.32. The molecule has 0 radical (unpaired) electrons. The Kier molecular flexibility index (Phi) is 3.34. The Labute approximate surface area is 90.8 Å². The standard InChI is InChI=1S/C12H18N2O/c1-10-4-7-14(12(10)9-15)8-11-2-5-13-6-3-11/h2-3,5-6,10,12,15H,4,7-9H2,1H3. The van der Waals surface area contributed by atoms with E-state index in [1.807, 2.05) is 24.5 Å². The minimum absolute atomic E-state index is 0.270. The van der Waals surface area contributed by atoms with Crippen LogP contribution in [0.15, 0.2) is 24.5 Å². The summed E-state index contributed by atoms with van der Waals surface area (Å²) in [7, 11) is 0. The number of hydrogen-bond acceptors (Lipinski definition) is 3. The Morgan fingerprint density at radius 2 is 2.20 bits per heavy atom. The van der Waals surface area contributed by atoms with Crippen molar-refractivity contribution in [3.05, 3.63) is 30.1 Å². The first kappa shape index (κ1) is 10.6. The van der Waals surface area contributed by atoms with Gasteiger partial charge in [-0.25, -0.2) is 0 Å². The van der Waals surface area contributed by atoms with Gasteiger partial charge >= 0.3 is 0 Å². The first-order chi connectivity index (χ1) is 7.31. The Bertz CT molecular complexity index is 302. The number of aliphatic hydroxyl groups is 1. The number of rotatable bonds is 3. The lowest BCUT2D eigenvalue weighted by atomic mass is 10.0. The van der Waals surface area contributed by atoms with Crippen molar-refractivity contribution in [2.75, 3.05) is 13.2 Å². The van der Waals surface area contributed by atoms with Gasteiger partial charge in [-0.2, -0.15) is 0 Å². The molecule has 82 valence electrons. The first-order valence-electron chi connectivity index (χ1n) is 5.55. The number of nitrogens with zero attached hydrogens (tertiary/aromatic N) is 2. The van der Waals surface area contributed by atoms with Gasteiger partial charge in [0.25, 0.3) is 0 Å². The molecule has 1 saturated heterocycles. The molecule has 0 saturated carbocycles. The Balaban J connectivity index is 2.00. The molecule has 0 bridgehead atoms. The van der Waals surface area contributed by atoms with Gasteiger partial charge in [0.15, 0.2) is 0 Å². The molecule has 3 heteroatoms. The van der Waals surface area contributed by atoms with Crippen LogP contribution < -0.4 is 0 Å². The molecule has 3 nitrogen and oxygen atoms in total. The highest BCUT2D eigenvalue weighted by atomic mass is 16.3. The van der Waals surface area contributed by atoms with Gasteiger partial charge in [-0.3, -0.25) is 9.88 Å². The highest BCUT2D eigenvalue weighted by Gasteiger charge is 2.30. The van der Waals surface area contributed by atoms with E-state index in [1.165, 1.54) is 12.0 Å². The van der Waals surface area contributed by atoms with Crippen molar-refractivity contribution in [1.29, 1.82) is 0 Å². The molecule has 2 atom stereocenters. The van der Waals surface area contributed by atoms with Gasteiger partial charge in [-0.05, 0) is 36.6 Å². The fraction of sp³-hybridized carbons (Fsp3) is 0.583. The lowest BCUT2D eigenvalue weighted by Gasteiger charge is -2.24. The van der Waals surface area contributed by atoms with Crippen molar-refractivity contribution in [3.8, 4) is 0 Å². The summed E-state index contributed by atoms with van der Waals surface area (Å²) < 4.78 is 0. The summed E-state index contributed by atoms with van der Waals surface area (Å²) >= 11 is 0. The van der Waals surface area contributed by atoms with E-state index in [0.717, 1.165) is 13.1 Å². The smallest absolute Gasteiger partial charge is 0.0589 e. The van der Waals surface area contributed by atoms with Crippen LogP contribution in [0.2, 0.25) is 0 Å². The summed E-state index contributed by atoms with van der Waals surface area (Å²) in [5.41, 5.74) is 1.28. The summed E-state index contributed by atoms with van der Waals surface area (Å²) in [5.74, 6) is 0.608. The SMILES string of the molecule is CC1CCN(Cc2ccncc2)C1CO. The van der Waals surface area contributed by atoms with Crippen molar-refractivity contribution in [3.63, 3.8) is 0 Å². The first-order valence-corrected chi connectivity index (χ1v) is 5.55. The number of likely N-dealkylation sites (tertiary alicyclic amines) is 1. The van der Waals surface area contributed by atoms with Gasteiger partial charge in [0, 0.05) is 25.0 Å². The van der Waals surface area contributed by atoms with E-state index in [0.29, 0.717) is 12.0 Å². The molecule has 15 heavy (non-hydrogen) atoms. The summed E-state index contributed by atoms with van der Waals surface area (Å²) in [5, 5.41) is 9.33. The summed E-state index contributed by atoms with van der Waals surface area (Å²) in [6, 6.07) is 4.41. The molecular formula is C12H18N2O. The maximum atomic E-state index is 9.33. The predicted octanol–water partition coefficient (Wildman–Crippen LogP) is 1.28. The highest BCUT2D eigenvalue weighted by molar-refractivity contribution is 5.10. The average Bonchev–Trinajstić information content (AvgIpc) is 2.61. The molecule has 2 heterocycles. The molecule has 1 aromatic rings. The summed E-state index contributed by atoms with van der Waals surface area (Å²) in [6.45, 7) is 4.51. The van der Waals surface area contributed by atoms with Crippen LogP contribution in [0.5, 0.6) is 0 Å². The van der Waals surface area contributed by atoms with Gasteiger partial charge in [0.1, 0.15) is 0 Å². The van der Waals surface area contributed by atoms with Crippen LogP contribution in [-0.4, -0.2) is 34.2 Å². The largest absolute Gasteiger partial charge is 0.395 e. The molecule has 1 aromatic heterocycles. The van der Waals surface area contributed by atoms with E-state index in [2.05, 4.69) is 16.8 Å². The van der Waals surface area contributed by atoms with Crippen molar-refractivity contribution >= 4 is 0 Å². The van der Waals surface area contributed by atoms with Crippen LogP contribution in [0.4, 0.5) is 0 Å². The van der Waals surface area contributed by atoms with Crippen LogP contribution in [0.1, 0.15) is 18.9 Å². The number of hydrogen-bond donors (Lipinski definition) is 1. The van der Waals surface area contributed by atoms with Gasteiger partial charge in [0.2, 0.25) is 0 Å². The second-order valence-corrected chi connectivity index (χ2v) is 4.34. The second-order valence-electron chi connectivity index (χ2n) is 4.34. The molecular weight excluding hydrogens is 188 g/mol. The summed E-state index contributed by atoms with van der Waals surface area (Å²) in [4.78, 5) is 6.37. The fourth-order valence-electron chi connectivity index (χ4n) is 2.30. The molecule has 1 aliphatic rings. The predicted molar refractivity (Wildman–Crippen MR) is 59.3 cm³/mol. The van der Waals surface area contributed by atoms with Crippen molar-refractivity contribution < 1.29 is 5.11 Å². The zero-order valence-electron chi connectivity index (χ0n) is 9.13. The molecule has 1 N–H and O–H groups in total. The minimum Gasteiger partial charge on any atom is -0.395 e. The number of aromatic nitrogens is 1. The van der Waals surface area contributed by atoms with Crippen molar-refractivity contribution in [2.24, 2.45) is 5.92 Å². The molecule has 0 aliphatic carbocycles. The zero-order valence-corrected chi connectivity index (χ0v) is 9.13. The monoisotopic (exact) mass is 206 g/mol. The molecule has 2 rings (SSSR count). The van der Waals surface area contributed by atoms with Crippen molar-refractivity contribution in [1.82, 2.24) is 9.88 Å². The lowest BCUT2D eigenvalue weighted by molar-refractivity contribution is 0.134. The third kappa shape index (κ3) is 2.36. The Morgan fingerprint density at radius 3 is 2.87 bits per heavy atom.